The fourth-order valence-corrected chi connectivity index (χ4v) is 7.94. The summed E-state index contributed by atoms with van der Waals surface area (Å²) in [6.07, 6.45) is 61.2. The lowest BCUT2D eigenvalue weighted by atomic mass is 10.1. The molecule has 0 aliphatic carbocycles. The van der Waals surface area contributed by atoms with E-state index in [4.69, 9.17) is 14.2 Å². The van der Waals surface area contributed by atoms with E-state index < -0.39 is 6.10 Å². The van der Waals surface area contributed by atoms with Crippen LogP contribution in [0.1, 0.15) is 290 Å². The summed E-state index contributed by atoms with van der Waals surface area (Å²) in [6.45, 7) is 6.62. The SMILES string of the molecule is CCCCC/C=C\C/C=C\CCCCCCCCCCCC(=O)OC[C@H](COC(=O)CCCCCCCCCCCCC)OC(=O)CCCCCCCCC/C=C\CCCCCC. The van der Waals surface area contributed by atoms with E-state index >= 15 is 0 Å². The largest absolute Gasteiger partial charge is 0.462 e. The Hall–Kier alpha value is -2.37. The second-order valence-corrected chi connectivity index (χ2v) is 18.5. The van der Waals surface area contributed by atoms with Crippen molar-refractivity contribution >= 4 is 17.9 Å². The maximum absolute atomic E-state index is 12.8. The number of ether oxygens (including phenoxy) is 3. The van der Waals surface area contributed by atoms with Crippen LogP contribution in [0.15, 0.2) is 36.5 Å². The Bertz CT molecular complexity index is 1060. The minimum absolute atomic E-state index is 0.0719. The lowest BCUT2D eigenvalue weighted by molar-refractivity contribution is -0.167. The molecule has 0 unspecified atom stereocenters. The summed E-state index contributed by atoms with van der Waals surface area (Å²) in [4.78, 5) is 38.0. The van der Waals surface area contributed by atoms with Crippen molar-refractivity contribution in [3.63, 3.8) is 0 Å². The van der Waals surface area contributed by atoms with Crippen molar-refractivity contribution in [2.75, 3.05) is 13.2 Å². The number of allylic oxidation sites excluding steroid dienone is 6. The first kappa shape index (κ1) is 60.6. The topological polar surface area (TPSA) is 78.9 Å². The Kier molecular flexibility index (Phi) is 50.3. The minimum atomic E-state index is -0.772. The Balaban J connectivity index is 4.31. The van der Waals surface area contributed by atoms with Crippen molar-refractivity contribution in [3.8, 4) is 0 Å². The van der Waals surface area contributed by atoms with Crippen molar-refractivity contribution in [1.82, 2.24) is 0 Å². The third-order valence-corrected chi connectivity index (χ3v) is 12.1. The Morgan fingerprint density at radius 2 is 0.571 bits per heavy atom. The zero-order chi connectivity index (χ0) is 45.8. The molecule has 0 aromatic heterocycles. The van der Waals surface area contributed by atoms with Gasteiger partial charge in [0.15, 0.2) is 6.10 Å². The average molecular weight is 885 g/mol. The van der Waals surface area contributed by atoms with Gasteiger partial charge >= 0.3 is 17.9 Å². The summed E-state index contributed by atoms with van der Waals surface area (Å²) in [5, 5.41) is 0. The predicted molar refractivity (Wildman–Crippen MR) is 270 cm³/mol. The highest BCUT2D eigenvalue weighted by Crippen LogP contribution is 2.16. The van der Waals surface area contributed by atoms with E-state index in [9.17, 15) is 14.4 Å². The van der Waals surface area contributed by atoms with Gasteiger partial charge in [0, 0.05) is 19.3 Å². The molecule has 63 heavy (non-hydrogen) atoms. The fourth-order valence-electron chi connectivity index (χ4n) is 7.94. The molecule has 0 fully saturated rings. The van der Waals surface area contributed by atoms with E-state index in [0.29, 0.717) is 19.3 Å². The number of carbonyl (C=O) groups is 3. The molecule has 0 bridgehead atoms. The normalized spacial score (nSPS) is 12.2. The van der Waals surface area contributed by atoms with Crippen LogP contribution < -0.4 is 0 Å². The quantitative estimate of drug-likeness (QED) is 0.0262. The molecule has 0 aromatic carbocycles. The summed E-state index contributed by atoms with van der Waals surface area (Å²) >= 11 is 0. The Labute approximate surface area is 391 Å². The van der Waals surface area contributed by atoms with Crippen molar-refractivity contribution < 1.29 is 28.6 Å². The summed E-state index contributed by atoms with van der Waals surface area (Å²) in [7, 11) is 0. The van der Waals surface area contributed by atoms with E-state index in [1.807, 2.05) is 0 Å². The molecule has 0 N–H and O–H groups in total. The van der Waals surface area contributed by atoms with Crippen molar-refractivity contribution in [2.45, 2.75) is 297 Å². The second-order valence-electron chi connectivity index (χ2n) is 18.5. The molecule has 0 aromatic rings. The average Bonchev–Trinajstić information content (AvgIpc) is 3.28. The monoisotopic (exact) mass is 885 g/mol. The van der Waals surface area contributed by atoms with Crippen LogP contribution in [0.25, 0.3) is 0 Å². The molecule has 0 aliphatic heterocycles. The second kappa shape index (κ2) is 52.3. The lowest BCUT2D eigenvalue weighted by Crippen LogP contribution is -2.30. The van der Waals surface area contributed by atoms with Crippen LogP contribution in [0.2, 0.25) is 0 Å². The first-order chi connectivity index (χ1) is 31.0. The molecule has 6 heteroatoms. The standard InChI is InChI=1S/C57H104O6/c1-4-7-10-13-16-19-22-24-26-27-28-29-31-32-35-38-41-44-47-50-56(59)62-53-54(52-61-55(58)49-46-43-40-37-34-21-18-15-12-9-6-3)63-57(60)51-48-45-42-39-36-33-30-25-23-20-17-14-11-8-5-2/h16,19-20,23-24,26,54H,4-15,17-18,21-22,25,27-53H2,1-3H3/b19-16-,23-20-,26-24-/t54-/m0/s1. The highest BCUT2D eigenvalue weighted by molar-refractivity contribution is 5.71. The van der Waals surface area contributed by atoms with Crippen LogP contribution in [0.5, 0.6) is 0 Å². The number of hydrogen-bond donors (Lipinski definition) is 0. The Morgan fingerprint density at radius 1 is 0.317 bits per heavy atom. The first-order valence-corrected chi connectivity index (χ1v) is 27.5. The van der Waals surface area contributed by atoms with Gasteiger partial charge < -0.3 is 14.2 Å². The van der Waals surface area contributed by atoms with Crippen molar-refractivity contribution in [2.24, 2.45) is 0 Å². The van der Waals surface area contributed by atoms with E-state index in [-0.39, 0.29) is 31.1 Å². The molecular formula is C57H104O6. The van der Waals surface area contributed by atoms with E-state index in [0.717, 1.165) is 64.2 Å². The zero-order valence-corrected chi connectivity index (χ0v) is 42.1. The molecule has 0 rings (SSSR count). The highest BCUT2D eigenvalue weighted by Gasteiger charge is 2.19. The van der Waals surface area contributed by atoms with Gasteiger partial charge in [-0.25, -0.2) is 0 Å². The van der Waals surface area contributed by atoms with E-state index in [2.05, 4.69) is 57.2 Å². The highest BCUT2D eigenvalue weighted by atomic mass is 16.6. The van der Waals surface area contributed by atoms with Gasteiger partial charge in [-0.2, -0.15) is 0 Å². The molecule has 0 spiro atoms. The first-order valence-electron chi connectivity index (χ1n) is 27.5. The van der Waals surface area contributed by atoms with Crippen LogP contribution in [-0.2, 0) is 28.6 Å². The van der Waals surface area contributed by atoms with Crippen LogP contribution in [0.4, 0.5) is 0 Å². The minimum Gasteiger partial charge on any atom is -0.462 e. The van der Waals surface area contributed by atoms with Gasteiger partial charge in [0.05, 0.1) is 0 Å². The van der Waals surface area contributed by atoms with Gasteiger partial charge in [-0.15, -0.1) is 0 Å². The van der Waals surface area contributed by atoms with Gasteiger partial charge in [-0.1, -0.05) is 231 Å². The van der Waals surface area contributed by atoms with Gasteiger partial charge in [0.1, 0.15) is 13.2 Å². The van der Waals surface area contributed by atoms with E-state index in [1.165, 1.54) is 186 Å². The summed E-state index contributed by atoms with van der Waals surface area (Å²) in [5.41, 5.74) is 0. The predicted octanol–water partition coefficient (Wildman–Crippen LogP) is 18.1. The molecule has 0 saturated carbocycles. The molecule has 0 radical (unpaired) electrons. The smallest absolute Gasteiger partial charge is 0.306 e. The van der Waals surface area contributed by atoms with Crippen molar-refractivity contribution in [3.05, 3.63) is 36.5 Å². The number of esters is 3. The summed E-state index contributed by atoms with van der Waals surface area (Å²) in [5.74, 6) is -0.869. The maximum atomic E-state index is 12.8. The van der Waals surface area contributed by atoms with Gasteiger partial charge in [0.25, 0.3) is 0 Å². The maximum Gasteiger partial charge on any atom is 0.306 e. The number of rotatable bonds is 50. The fraction of sp³-hybridized carbons (Fsp3) is 0.842. The van der Waals surface area contributed by atoms with Crippen LogP contribution in [0.3, 0.4) is 0 Å². The molecule has 0 heterocycles. The molecule has 6 nitrogen and oxygen atoms in total. The van der Waals surface area contributed by atoms with E-state index in [1.54, 1.807) is 0 Å². The zero-order valence-electron chi connectivity index (χ0n) is 42.1. The lowest BCUT2D eigenvalue weighted by Gasteiger charge is -2.18. The molecule has 0 saturated heterocycles. The molecular weight excluding hydrogens is 781 g/mol. The number of hydrogen-bond acceptors (Lipinski definition) is 6. The summed E-state index contributed by atoms with van der Waals surface area (Å²) in [6, 6.07) is 0. The third kappa shape index (κ3) is 50.5. The Morgan fingerprint density at radius 3 is 0.937 bits per heavy atom. The molecule has 1 atom stereocenters. The van der Waals surface area contributed by atoms with Gasteiger partial charge in [0.2, 0.25) is 0 Å². The van der Waals surface area contributed by atoms with Gasteiger partial charge in [-0.3, -0.25) is 14.4 Å². The van der Waals surface area contributed by atoms with Crippen LogP contribution in [0, 0.1) is 0 Å². The number of unbranched alkanes of at least 4 members (excludes halogenated alkanes) is 33. The summed E-state index contributed by atoms with van der Waals surface area (Å²) < 4.78 is 16.8. The molecule has 368 valence electrons. The van der Waals surface area contributed by atoms with Crippen LogP contribution in [-0.4, -0.2) is 37.2 Å². The molecule has 0 amide bonds. The molecule has 0 aliphatic rings. The number of carbonyl (C=O) groups excluding carboxylic acids is 3. The van der Waals surface area contributed by atoms with Crippen molar-refractivity contribution in [1.29, 1.82) is 0 Å². The van der Waals surface area contributed by atoms with Crippen LogP contribution >= 0.6 is 0 Å². The third-order valence-electron chi connectivity index (χ3n) is 12.1. The van der Waals surface area contributed by atoms with Gasteiger partial charge in [-0.05, 0) is 77.0 Å².